The van der Waals surface area contributed by atoms with Crippen molar-refractivity contribution in [3.63, 3.8) is 0 Å². The summed E-state index contributed by atoms with van der Waals surface area (Å²) in [7, 11) is 1.26. The predicted molar refractivity (Wildman–Crippen MR) is 59.2 cm³/mol. The number of halogens is 4. The van der Waals surface area contributed by atoms with Gasteiger partial charge >= 0.3 is 0 Å². The highest BCUT2D eigenvalue weighted by molar-refractivity contribution is 5.85. The maximum absolute atomic E-state index is 13.1. The lowest BCUT2D eigenvalue weighted by atomic mass is 10.0. The molecule has 1 aromatic rings. The summed E-state index contributed by atoms with van der Waals surface area (Å²) < 4.78 is 44.0. The second-order valence-corrected chi connectivity index (χ2v) is 3.28. The number of methoxy groups -OCH3 is 1. The van der Waals surface area contributed by atoms with Crippen LogP contribution in [0.4, 0.5) is 13.2 Å². The minimum Gasteiger partial charge on any atom is -0.496 e. The summed E-state index contributed by atoms with van der Waals surface area (Å²) in [5.74, 6) is -4.16. The molecule has 0 fully saturated rings. The Labute approximate surface area is 103 Å². The van der Waals surface area contributed by atoms with Crippen molar-refractivity contribution in [1.29, 1.82) is 0 Å². The van der Waals surface area contributed by atoms with Crippen LogP contribution in [0, 0.1) is 5.82 Å². The Balaban J connectivity index is 0.00000256. The van der Waals surface area contributed by atoms with Crippen LogP contribution in [0.25, 0.3) is 0 Å². The molecule has 0 saturated carbocycles. The maximum atomic E-state index is 13.1. The molecule has 0 aromatic heterocycles. The number of alkyl halides is 2. The zero-order chi connectivity index (χ0) is 12.3. The van der Waals surface area contributed by atoms with E-state index < -0.39 is 24.4 Å². The zero-order valence-electron chi connectivity index (χ0n) is 8.99. The molecule has 0 bridgehead atoms. The van der Waals surface area contributed by atoms with Crippen molar-refractivity contribution in [2.24, 2.45) is 5.73 Å². The monoisotopic (exact) mass is 271 g/mol. The van der Waals surface area contributed by atoms with Crippen LogP contribution in [0.1, 0.15) is 11.6 Å². The van der Waals surface area contributed by atoms with Gasteiger partial charge in [-0.2, -0.15) is 0 Å². The lowest BCUT2D eigenvalue weighted by molar-refractivity contribution is -0.0716. The van der Waals surface area contributed by atoms with Gasteiger partial charge in [0.05, 0.1) is 7.11 Å². The van der Waals surface area contributed by atoms with E-state index in [1.54, 1.807) is 0 Å². The summed E-state index contributed by atoms with van der Waals surface area (Å²) in [6, 6.07) is 1.33. The first-order valence-electron chi connectivity index (χ1n) is 4.50. The number of benzene rings is 1. The number of hydrogen-bond donors (Lipinski definition) is 2. The fourth-order valence-electron chi connectivity index (χ4n) is 1.27. The number of aliphatic hydroxyl groups excluding tert-OH is 1. The molecular formula is C10H13ClF3NO2. The molecule has 0 saturated heterocycles. The smallest absolute Gasteiger partial charge is 0.289 e. The first-order valence-corrected chi connectivity index (χ1v) is 4.50. The zero-order valence-corrected chi connectivity index (χ0v) is 9.81. The molecule has 1 atom stereocenters. The Hall–Kier alpha value is -0.980. The number of nitrogens with two attached hydrogens (primary N) is 1. The van der Waals surface area contributed by atoms with Crippen molar-refractivity contribution in [2.75, 3.05) is 13.7 Å². The molecule has 0 spiro atoms. The maximum Gasteiger partial charge on any atom is 0.289 e. The second-order valence-electron chi connectivity index (χ2n) is 3.28. The number of ether oxygens (including phenoxy) is 1. The Kier molecular flexibility index (Phi) is 5.74. The van der Waals surface area contributed by atoms with Crippen LogP contribution < -0.4 is 10.5 Å². The summed E-state index contributed by atoms with van der Waals surface area (Å²) in [5, 5.41) is 8.49. The van der Waals surface area contributed by atoms with E-state index in [0.717, 1.165) is 12.1 Å². The van der Waals surface area contributed by atoms with E-state index in [2.05, 4.69) is 0 Å². The average Bonchev–Trinajstić information content (AvgIpc) is 2.28. The van der Waals surface area contributed by atoms with Gasteiger partial charge in [0.1, 0.15) is 24.2 Å². The molecule has 3 N–H and O–H groups in total. The lowest BCUT2D eigenvalue weighted by Gasteiger charge is -2.23. The fraction of sp³-hybridized carbons (Fsp3) is 0.400. The van der Waals surface area contributed by atoms with E-state index in [-0.39, 0.29) is 23.7 Å². The molecule has 0 heterocycles. The third-order valence-corrected chi connectivity index (χ3v) is 2.19. The van der Waals surface area contributed by atoms with E-state index >= 15 is 0 Å². The summed E-state index contributed by atoms with van der Waals surface area (Å²) in [5.41, 5.74) is 5.09. The molecule has 0 aliphatic heterocycles. The van der Waals surface area contributed by atoms with Crippen molar-refractivity contribution >= 4 is 12.4 Å². The van der Waals surface area contributed by atoms with Crippen LogP contribution in [-0.2, 0) is 0 Å². The van der Waals surface area contributed by atoms with Gasteiger partial charge in [-0.1, -0.05) is 0 Å². The van der Waals surface area contributed by atoms with Gasteiger partial charge in [0.15, 0.2) is 0 Å². The van der Waals surface area contributed by atoms with Crippen molar-refractivity contribution in [1.82, 2.24) is 0 Å². The third kappa shape index (κ3) is 3.49. The van der Waals surface area contributed by atoms with E-state index in [1.807, 2.05) is 0 Å². The molecule has 17 heavy (non-hydrogen) atoms. The standard InChI is InChI=1S/C10H12F3NO2.ClH/c1-16-8-3-2-6(11)4-7(8)9(14)10(12,13)5-15;/h2-4,9,15H,5,14H2,1H3;1H/t9-;/m1./s1. The SMILES string of the molecule is COc1ccc(F)cc1[C@@H](N)C(F)(F)CO.Cl. The van der Waals surface area contributed by atoms with Gasteiger partial charge in [-0.05, 0) is 18.2 Å². The Morgan fingerprint density at radius 2 is 2.06 bits per heavy atom. The number of hydrogen-bond acceptors (Lipinski definition) is 3. The van der Waals surface area contributed by atoms with Crippen LogP contribution in [-0.4, -0.2) is 24.7 Å². The summed E-state index contributed by atoms with van der Waals surface area (Å²) >= 11 is 0. The normalized spacial score (nSPS) is 12.8. The molecule has 3 nitrogen and oxygen atoms in total. The average molecular weight is 272 g/mol. The van der Waals surface area contributed by atoms with E-state index in [0.29, 0.717) is 0 Å². The second kappa shape index (κ2) is 6.09. The van der Waals surface area contributed by atoms with Crippen LogP contribution in [0.5, 0.6) is 5.75 Å². The fourth-order valence-corrected chi connectivity index (χ4v) is 1.27. The molecule has 0 aliphatic carbocycles. The van der Waals surface area contributed by atoms with Gasteiger partial charge in [-0.3, -0.25) is 0 Å². The van der Waals surface area contributed by atoms with Gasteiger partial charge in [-0.25, -0.2) is 13.2 Å². The number of aliphatic hydroxyl groups is 1. The molecule has 0 radical (unpaired) electrons. The quantitative estimate of drug-likeness (QED) is 0.879. The van der Waals surface area contributed by atoms with Crippen molar-refractivity contribution in [3.05, 3.63) is 29.6 Å². The molecule has 1 aromatic carbocycles. The van der Waals surface area contributed by atoms with Crippen molar-refractivity contribution < 1.29 is 23.0 Å². The minimum absolute atomic E-state index is 0. The third-order valence-electron chi connectivity index (χ3n) is 2.19. The summed E-state index contributed by atoms with van der Waals surface area (Å²) in [6.07, 6.45) is 0. The van der Waals surface area contributed by atoms with Gasteiger partial charge in [0, 0.05) is 5.56 Å². The number of rotatable bonds is 4. The molecule has 1 rings (SSSR count). The largest absolute Gasteiger partial charge is 0.496 e. The van der Waals surface area contributed by atoms with Gasteiger partial charge in [0.25, 0.3) is 5.92 Å². The Morgan fingerprint density at radius 3 is 2.53 bits per heavy atom. The van der Waals surface area contributed by atoms with Crippen LogP contribution >= 0.6 is 12.4 Å². The molecule has 7 heteroatoms. The summed E-state index contributed by atoms with van der Waals surface area (Å²) in [4.78, 5) is 0. The highest BCUT2D eigenvalue weighted by atomic mass is 35.5. The molecule has 98 valence electrons. The van der Waals surface area contributed by atoms with Gasteiger partial charge in [-0.15, -0.1) is 12.4 Å². The predicted octanol–water partition coefficient (Wildman–Crippen LogP) is 1.88. The highest BCUT2D eigenvalue weighted by Crippen LogP contribution is 2.34. The van der Waals surface area contributed by atoms with Crippen LogP contribution in [0.15, 0.2) is 18.2 Å². The molecular weight excluding hydrogens is 259 g/mol. The first-order chi connectivity index (χ1) is 7.42. The topological polar surface area (TPSA) is 55.5 Å². The molecule has 0 amide bonds. The molecule has 0 aliphatic rings. The van der Waals surface area contributed by atoms with Gasteiger partial charge in [0.2, 0.25) is 0 Å². The first kappa shape index (κ1) is 16.0. The van der Waals surface area contributed by atoms with Crippen LogP contribution in [0.3, 0.4) is 0 Å². The summed E-state index contributed by atoms with van der Waals surface area (Å²) in [6.45, 7) is -1.41. The van der Waals surface area contributed by atoms with Crippen molar-refractivity contribution in [3.8, 4) is 5.75 Å². The van der Waals surface area contributed by atoms with E-state index in [9.17, 15) is 13.2 Å². The van der Waals surface area contributed by atoms with Gasteiger partial charge < -0.3 is 15.6 Å². The Morgan fingerprint density at radius 1 is 1.47 bits per heavy atom. The minimum atomic E-state index is -3.53. The van der Waals surface area contributed by atoms with Crippen molar-refractivity contribution in [2.45, 2.75) is 12.0 Å². The highest BCUT2D eigenvalue weighted by Gasteiger charge is 2.38. The van der Waals surface area contributed by atoms with Crippen LogP contribution in [0.2, 0.25) is 0 Å². The Bertz CT molecular complexity index is 377. The van der Waals surface area contributed by atoms with E-state index in [1.165, 1.54) is 13.2 Å². The lowest BCUT2D eigenvalue weighted by Crippen LogP contribution is -2.36. The molecule has 0 unspecified atom stereocenters. The van der Waals surface area contributed by atoms with E-state index in [4.69, 9.17) is 15.6 Å².